The van der Waals surface area contributed by atoms with Crippen LogP contribution in [-0.2, 0) is 11.0 Å². The molecule has 5 rings (SSSR count). The second-order valence-corrected chi connectivity index (χ2v) is 10.2. The molecule has 0 bridgehead atoms. The number of nitrogens with one attached hydrogen (secondary N) is 1. The number of rotatable bonds is 7. The van der Waals surface area contributed by atoms with Gasteiger partial charge in [0.2, 0.25) is 0 Å². The van der Waals surface area contributed by atoms with Crippen LogP contribution >= 0.6 is 12.4 Å². The summed E-state index contributed by atoms with van der Waals surface area (Å²) in [5.74, 6) is -1.06. The topological polar surface area (TPSA) is 69.6 Å². The van der Waals surface area contributed by atoms with Gasteiger partial charge >= 0.3 is 12.1 Å². The van der Waals surface area contributed by atoms with E-state index in [4.69, 9.17) is 0 Å². The number of carbonyl (C=O) groups is 2. The van der Waals surface area contributed by atoms with Gasteiger partial charge < -0.3 is 15.3 Å². The Bertz CT molecular complexity index is 1510. The van der Waals surface area contributed by atoms with Crippen LogP contribution in [0.1, 0.15) is 46.8 Å². The van der Waals surface area contributed by atoms with Gasteiger partial charge in [0.1, 0.15) is 0 Å². The molecule has 4 aromatic rings. The number of aliphatic carboxylic acids is 1. The summed E-state index contributed by atoms with van der Waals surface area (Å²) in [6, 6.07) is 29.1. The van der Waals surface area contributed by atoms with Gasteiger partial charge in [-0.15, -0.1) is 12.4 Å². The highest BCUT2D eigenvalue weighted by Gasteiger charge is 2.31. The minimum atomic E-state index is -4.43. The van der Waals surface area contributed by atoms with Gasteiger partial charge in [0.05, 0.1) is 11.6 Å². The molecule has 1 fully saturated rings. The highest BCUT2D eigenvalue weighted by atomic mass is 35.5. The molecule has 1 heterocycles. The van der Waals surface area contributed by atoms with E-state index in [0.29, 0.717) is 28.9 Å². The standard InChI is InChI=1S/C33H29F3N2O3.ClH/c34-33(35,36)25-12-10-23(11-13-25)28-8-4-5-9-29(28)32(41)37-26-14-16-27(17-15-26)38-19-18-22(21-31(39)40)20-30(38)24-6-2-1-3-7-24;/h1-17,22,30H,18-21H2,(H,37,41)(H,39,40);1H/t22?,30-;/m1./s1. The average Bonchev–Trinajstić information content (AvgIpc) is 2.97. The zero-order valence-electron chi connectivity index (χ0n) is 22.6. The second-order valence-electron chi connectivity index (χ2n) is 10.2. The highest BCUT2D eigenvalue weighted by Crippen LogP contribution is 2.39. The van der Waals surface area contributed by atoms with E-state index in [-0.39, 0.29) is 36.7 Å². The molecule has 0 aliphatic carbocycles. The molecule has 9 heteroatoms. The van der Waals surface area contributed by atoms with E-state index in [2.05, 4.69) is 22.3 Å². The molecule has 0 saturated carbocycles. The zero-order chi connectivity index (χ0) is 29.0. The number of hydrogen-bond acceptors (Lipinski definition) is 3. The van der Waals surface area contributed by atoms with E-state index in [0.717, 1.165) is 36.2 Å². The van der Waals surface area contributed by atoms with Crippen LogP contribution in [0.5, 0.6) is 0 Å². The smallest absolute Gasteiger partial charge is 0.416 e. The summed E-state index contributed by atoms with van der Waals surface area (Å²) >= 11 is 0. The summed E-state index contributed by atoms with van der Waals surface area (Å²) in [6.07, 6.45) is -2.78. The molecular weight excluding hydrogens is 565 g/mol. The number of carboxylic acids is 1. The number of piperidine rings is 1. The van der Waals surface area contributed by atoms with E-state index in [1.165, 1.54) is 12.1 Å². The van der Waals surface area contributed by atoms with E-state index in [9.17, 15) is 27.9 Å². The van der Waals surface area contributed by atoms with Crippen LogP contribution in [0.2, 0.25) is 0 Å². The Morgan fingerprint density at radius 1 is 0.857 bits per heavy atom. The molecule has 0 spiro atoms. The van der Waals surface area contributed by atoms with Crippen LogP contribution in [0.15, 0.2) is 103 Å². The molecule has 0 radical (unpaired) electrons. The van der Waals surface area contributed by atoms with E-state index in [1.54, 1.807) is 24.3 Å². The van der Waals surface area contributed by atoms with Gasteiger partial charge in [-0.3, -0.25) is 9.59 Å². The Labute approximate surface area is 248 Å². The van der Waals surface area contributed by atoms with Crippen LogP contribution in [0.4, 0.5) is 24.5 Å². The number of nitrogens with zero attached hydrogens (tertiary/aromatic N) is 1. The molecule has 1 aliphatic rings. The fourth-order valence-corrected chi connectivity index (χ4v) is 5.48. The minimum absolute atomic E-state index is 0. The van der Waals surface area contributed by atoms with Gasteiger partial charge in [-0.05, 0) is 77.9 Å². The number of alkyl halides is 3. The van der Waals surface area contributed by atoms with Crippen molar-refractivity contribution in [3.05, 3.63) is 120 Å². The fraction of sp³-hybridized carbons (Fsp3) is 0.212. The molecule has 1 aliphatic heterocycles. The number of hydrogen-bond donors (Lipinski definition) is 2. The molecule has 4 aromatic carbocycles. The Balaban J connectivity index is 0.00000405. The summed E-state index contributed by atoms with van der Waals surface area (Å²) in [5.41, 5.74) is 3.32. The molecule has 0 aromatic heterocycles. The van der Waals surface area contributed by atoms with Crippen molar-refractivity contribution in [1.82, 2.24) is 0 Å². The van der Waals surface area contributed by atoms with Crippen molar-refractivity contribution in [3.63, 3.8) is 0 Å². The monoisotopic (exact) mass is 594 g/mol. The minimum Gasteiger partial charge on any atom is -0.481 e. The number of halogens is 4. The zero-order valence-corrected chi connectivity index (χ0v) is 23.4. The highest BCUT2D eigenvalue weighted by molar-refractivity contribution is 6.08. The molecular formula is C33H30ClF3N2O3. The molecule has 218 valence electrons. The van der Waals surface area contributed by atoms with Gasteiger partial charge in [-0.25, -0.2) is 0 Å². The molecule has 2 N–H and O–H groups in total. The lowest BCUT2D eigenvalue weighted by Crippen LogP contribution is -2.37. The normalized spacial score (nSPS) is 16.8. The SMILES string of the molecule is Cl.O=C(O)CC1CCN(c2ccc(NC(=O)c3ccccc3-c3ccc(C(F)(F)F)cc3)cc2)[C@@H](c2ccccc2)C1. The molecule has 1 unspecified atom stereocenters. The lowest BCUT2D eigenvalue weighted by molar-refractivity contribution is -0.139. The lowest BCUT2D eigenvalue weighted by atomic mass is 9.85. The fourth-order valence-electron chi connectivity index (χ4n) is 5.48. The van der Waals surface area contributed by atoms with Crippen LogP contribution in [-0.4, -0.2) is 23.5 Å². The van der Waals surface area contributed by atoms with Gasteiger partial charge in [0, 0.05) is 29.9 Å². The first-order valence-corrected chi connectivity index (χ1v) is 13.4. The summed E-state index contributed by atoms with van der Waals surface area (Å²) in [5, 5.41) is 12.2. The van der Waals surface area contributed by atoms with Crippen LogP contribution in [0, 0.1) is 5.92 Å². The molecule has 42 heavy (non-hydrogen) atoms. The molecule has 5 nitrogen and oxygen atoms in total. The predicted octanol–water partition coefficient (Wildman–Crippen LogP) is 8.48. The average molecular weight is 595 g/mol. The Hall–Kier alpha value is -4.30. The van der Waals surface area contributed by atoms with E-state index < -0.39 is 17.7 Å². The summed E-state index contributed by atoms with van der Waals surface area (Å²) in [7, 11) is 0. The lowest BCUT2D eigenvalue weighted by Gasteiger charge is -2.41. The first kappa shape index (κ1) is 30.7. The van der Waals surface area contributed by atoms with Crippen molar-refractivity contribution in [2.45, 2.75) is 31.5 Å². The number of carbonyl (C=O) groups excluding carboxylic acids is 1. The second kappa shape index (κ2) is 13.1. The van der Waals surface area contributed by atoms with Crippen molar-refractivity contribution >= 4 is 35.7 Å². The maximum Gasteiger partial charge on any atom is 0.416 e. The number of amides is 1. The van der Waals surface area contributed by atoms with E-state index >= 15 is 0 Å². The number of carboxylic acid groups (broad SMARTS) is 1. The third kappa shape index (κ3) is 7.12. The molecule has 1 amide bonds. The first-order chi connectivity index (χ1) is 19.7. The van der Waals surface area contributed by atoms with E-state index in [1.807, 2.05) is 42.5 Å². The molecule has 1 saturated heterocycles. The van der Waals surface area contributed by atoms with Gasteiger partial charge in [0.15, 0.2) is 0 Å². The van der Waals surface area contributed by atoms with Gasteiger partial charge in [-0.1, -0.05) is 60.7 Å². The van der Waals surface area contributed by atoms with Crippen molar-refractivity contribution in [2.24, 2.45) is 5.92 Å². The summed E-state index contributed by atoms with van der Waals surface area (Å²) < 4.78 is 39.0. The largest absolute Gasteiger partial charge is 0.481 e. The van der Waals surface area contributed by atoms with Crippen molar-refractivity contribution < 1.29 is 27.9 Å². The van der Waals surface area contributed by atoms with Crippen LogP contribution in [0.3, 0.4) is 0 Å². The quantitative estimate of drug-likeness (QED) is 0.225. The van der Waals surface area contributed by atoms with Gasteiger partial charge in [-0.2, -0.15) is 13.2 Å². The number of benzene rings is 4. The Morgan fingerprint density at radius 2 is 1.50 bits per heavy atom. The van der Waals surface area contributed by atoms with Crippen molar-refractivity contribution in [1.29, 1.82) is 0 Å². The third-order valence-electron chi connectivity index (χ3n) is 7.51. The van der Waals surface area contributed by atoms with Crippen LogP contribution in [0.25, 0.3) is 11.1 Å². The van der Waals surface area contributed by atoms with Crippen LogP contribution < -0.4 is 10.2 Å². The molecule has 2 atom stereocenters. The maximum absolute atomic E-state index is 13.2. The maximum atomic E-state index is 13.2. The van der Waals surface area contributed by atoms with Gasteiger partial charge in [0.25, 0.3) is 5.91 Å². The Morgan fingerprint density at radius 3 is 2.14 bits per heavy atom. The number of anilines is 2. The van der Waals surface area contributed by atoms with Crippen molar-refractivity contribution in [3.8, 4) is 11.1 Å². The first-order valence-electron chi connectivity index (χ1n) is 13.4. The summed E-state index contributed by atoms with van der Waals surface area (Å²) in [6.45, 7) is 0.712. The Kier molecular flexibility index (Phi) is 9.58. The predicted molar refractivity (Wildman–Crippen MR) is 160 cm³/mol. The third-order valence-corrected chi connectivity index (χ3v) is 7.51. The summed E-state index contributed by atoms with van der Waals surface area (Å²) in [4.78, 5) is 26.9. The van der Waals surface area contributed by atoms with Crippen molar-refractivity contribution in [2.75, 3.05) is 16.8 Å².